The van der Waals surface area contributed by atoms with E-state index in [1.54, 1.807) is 7.11 Å². The van der Waals surface area contributed by atoms with E-state index in [1.807, 2.05) is 59.3 Å². The van der Waals surface area contributed by atoms with Gasteiger partial charge in [0, 0.05) is 43.4 Å². The maximum absolute atomic E-state index is 12.6. The first-order valence-corrected chi connectivity index (χ1v) is 9.53. The largest absolute Gasteiger partial charge is 0.497 e. The topological polar surface area (TPSA) is 36.0 Å². The standard InChI is InChI=1S/C21H26ClN3O2/c1-23(15-17-5-3-8-20(13-17)27-2)16-21(26)25-11-9-24(10-12-25)19-7-4-6-18(22)14-19/h3-8,13-14H,9-12,15-16H2,1-2H3. The summed E-state index contributed by atoms with van der Waals surface area (Å²) >= 11 is 6.08. The number of rotatable bonds is 6. The van der Waals surface area contributed by atoms with Crippen LogP contribution in [0.4, 0.5) is 5.69 Å². The third-order valence-electron chi connectivity index (χ3n) is 4.80. The number of halogens is 1. The van der Waals surface area contributed by atoms with Gasteiger partial charge in [-0.2, -0.15) is 0 Å². The van der Waals surface area contributed by atoms with Crippen molar-refractivity contribution in [3.8, 4) is 5.75 Å². The molecule has 0 saturated carbocycles. The molecule has 6 heteroatoms. The Hall–Kier alpha value is -2.24. The van der Waals surface area contributed by atoms with E-state index in [-0.39, 0.29) is 5.91 Å². The molecule has 144 valence electrons. The van der Waals surface area contributed by atoms with Gasteiger partial charge >= 0.3 is 0 Å². The maximum Gasteiger partial charge on any atom is 0.236 e. The third-order valence-corrected chi connectivity index (χ3v) is 5.03. The van der Waals surface area contributed by atoms with Crippen LogP contribution in [0.25, 0.3) is 0 Å². The van der Waals surface area contributed by atoms with Crippen LogP contribution >= 0.6 is 11.6 Å². The Balaban J connectivity index is 1.48. The minimum Gasteiger partial charge on any atom is -0.497 e. The Morgan fingerprint density at radius 3 is 2.56 bits per heavy atom. The van der Waals surface area contributed by atoms with Crippen molar-refractivity contribution >= 4 is 23.2 Å². The molecular formula is C21H26ClN3O2. The Labute approximate surface area is 166 Å². The molecule has 0 N–H and O–H groups in total. The minimum absolute atomic E-state index is 0.172. The monoisotopic (exact) mass is 387 g/mol. The molecule has 0 aromatic heterocycles. The highest BCUT2D eigenvalue weighted by molar-refractivity contribution is 6.30. The molecule has 1 fully saturated rings. The second-order valence-electron chi connectivity index (χ2n) is 6.87. The van der Waals surface area contributed by atoms with Gasteiger partial charge < -0.3 is 14.5 Å². The number of anilines is 1. The lowest BCUT2D eigenvalue weighted by Gasteiger charge is -2.36. The van der Waals surface area contributed by atoms with E-state index in [0.29, 0.717) is 13.1 Å². The summed E-state index contributed by atoms with van der Waals surface area (Å²) in [5.74, 6) is 1.01. The van der Waals surface area contributed by atoms with Gasteiger partial charge in [0.2, 0.25) is 5.91 Å². The molecule has 0 atom stereocenters. The van der Waals surface area contributed by atoms with Crippen LogP contribution in [0, 0.1) is 0 Å². The second kappa shape index (κ2) is 9.11. The fourth-order valence-electron chi connectivity index (χ4n) is 3.36. The van der Waals surface area contributed by atoms with Gasteiger partial charge in [0.25, 0.3) is 0 Å². The molecule has 0 bridgehead atoms. The molecule has 0 radical (unpaired) electrons. The van der Waals surface area contributed by atoms with Crippen LogP contribution < -0.4 is 9.64 Å². The van der Waals surface area contributed by atoms with Gasteiger partial charge in [-0.05, 0) is 42.9 Å². The highest BCUT2D eigenvalue weighted by Crippen LogP contribution is 2.21. The van der Waals surface area contributed by atoms with E-state index in [0.717, 1.165) is 48.2 Å². The summed E-state index contributed by atoms with van der Waals surface area (Å²) in [7, 11) is 3.63. The van der Waals surface area contributed by atoms with Crippen LogP contribution in [-0.4, -0.2) is 62.6 Å². The van der Waals surface area contributed by atoms with Gasteiger partial charge in [-0.15, -0.1) is 0 Å². The molecule has 5 nitrogen and oxygen atoms in total. The molecule has 1 heterocycles. The highest BCUT2D eigenvalue weighted by atomic mass is 35.5. The normalized spacial score (nSPS) is 14.5. The number of likely N-dealkylation sites (N-methyl/N-ethyl adjacent to an activating group) is 1. The van der Waals surface area contributed by atoms with E-state index < -0.39 is 0 Å². The van der Waals surface area contributed by atoms with Gasteiger partial charge in [-0.3, -0.25) is 9.69 Å². The lowest BCUT2D eigenvalue weighted by molar-refractivity contribution is -0.132. The molecule has 1 amide bonds. The smallest absolute Gasteiger partial charge is 0.236 e. The van der Waals surface area contributed by atoms with E-state index in [2.05, 4.69) is 11.0 Å². The molecule has 27 heavy (non-hydrogen) atoms. The second-order valence-corrected chi connectivity index (χ2v) is 7.31. The van der Waals surface area contributed by atoms with Gasteiger partial charge in [0.15, 0.2) is 0 Å². The number of carbonyl (C=O) groups is 1. The Morgan fingerprint density at radius 2 is 1.85 bits per heavy atom. The number of ether oxygens (including phenoxy) is 1. The molecule has 1 aliphatic heterocycles. The molecule has 2 aromatic carbocycles. The maximum atomic E-state index is 12.6. The van der Waals surface area contributed by atoms with Crippen LogP contribution in [0.1, 0.15) is 5.56 Å². The number of hydrogen-bond donors (Lipinski definition) is 0. The van der Waals surface area contributed by atoms with E-state index >= 15 is 0 Å². The van der Waals surface area contributed by atoms with Crippen molar-refractivity contribution in [2.24, 2.45) is 0 Å². The molecule has 3 rings (SSSR count). The van der Waals surface area contributed by atoms with Gasteiger partial charge in [0.05, 0.1) is 13.7 Å². The fourth-order valence-corrected chi connectivity index (χ4v) is 3.54. The predicted molar refractivity (Wildman–Crippen MR) is 110 cm³/mol. The molecule has 0 aliphatic carbocycles. The van der Waals surface area contributed by atoms with Crippen molar-refractivity contribution in [1.82, 2.24) is 9.80 Å². The van der Waals surface area contributed by atoms with Crippen LogP contribution in [0.15, 0.2) is 48.5 Å². The van der Waals surface area contributed by atoms with Crippen molar-refractivity contribution in [2.45, 2.75) is 6.54 Å². The van der Waals surface area contributed by atoms with Crippen LogP contribution in [0.2, 0.25) is 5.02 Å². The number of amides is 1. The van der Waals surface area contributed by atoms with Crippen molar-refractivity contribution in [3.05, 3.63) is 59.1 Å². The molecule has 0 unspecified atom stereocenters. The lowest BCUT2D eigenvalue weighted by atomic mass is 10.2. The number of benzene rings is 2. The number of methoxy groups -OCH3 is 1. The van der Waals surface area contributed by atoms with Crippen LogP contribution in [-0.2, 0) is 11.3 Å². The fraction of sp³-hybridized carbons (Fsp3) is 0.381. The quantitative estimate of drug-likeness (QED) is 0.763. The molecule has 1 aliphatic rings. The molecular weight excluding hydrogens is 362 g/mol. The average molecular weight is 388 g/mol. The van der Waals surface area contributed by atoms with Crippen molar-refractivity contribution in [1.29, 1.82) is 0 Å². The molecule has 0 spiro atoms. The summed E-state index contributed by atoms with van der Waals surface area (Å²) in [5.41, 5.74) is 2.25. The van der Waals surface area contributed by atoms with Crippen LogP contribution in [0.3, 0.4) is 0 Å². The van der Waals surface area contributed by atoms with E-state index in [9.17, 15) is 4.79 Å². The lowest BCUT2D eigenvalue weighted by Crippen LogP contribution is -2.51. The van der Waals surface area contributed by atoms with Crippen molar-refractivity contribution in [3.63, 3.8) is 0 Å². The van der Waals surface area contributed by atoms with Crippen molar-refractivity contribution in [2.75, 3.05) is 51.8 Å². The first-order chi connectivity index (χ1) is 13.0. The summed E-state index contributed by atoms with van der Waals surface area (Å²) in [6, 6.07) is 15.8. The average Bonchev–Trinajstić information content (AvgIpc) is 2.68. The summed E-state index contributed by atoms with van der Waals surface area (Å²) < 4.78 is 5.26. The highest BCUT2D eigenvalue weighted by Gasteiger charge is 2.22. The molecule has 2 aromatic rings. The van der Waals surface area contributed by atoms with Gasteiger partial charge in [0.1, 0.15) is 5.75 Å². The number of nitrogens with zero attached hydrogens (tertiary/aromatic N) is 3. The zero-order chi connectivity index (χ0) is 19.2. The number of piperazine rings is 1. The Bertz CT molecular complexity index is 776. The minimum atomic E-state index is 0.172. The Kier molecular flexibility index (Phi) is 6.58. The summed E-state index contributed by atoms with van der Waals surface area (Å²) in [4.78, 5) is 18.9. The first kappa shape index (κ1) is 19.5. The summed E-state index contributed by atoms with van der Waals surface area (Å²) in [6.45, 7) is 4.24. The first-order valence-electron chi connectivity index (χ1n) is 9.15. The predicted octanol–water partition coefficient (Wildman–Crippen LogP) is 3.13. The number of hydrogen-bond acceptors (Lipinski definition) is 4. The molecule has 1 saturated heterocycles. The zero-order valence-corrected chi connectivity index (χ0v) is 16.7. The number of carbonyl (C=O) groups excluding carboxylic acids is 1. The third kappa shape index (κ3) is 5.37. The van der Waals surface area contributed by atoms with Gasteiger partial charge in [-0.25, -0.2) is 0 Å². The van der Waals surface area contributed by atoms with Gasteiger partial charge in [-0.1, -0.05) is 29.8 Å². The van der Waals surface area contributed by atoms with E-state index in [4.69, 9.17) is 16.3 Å². The summed E-state index contributed by atoms with van der Waals surface area (Å²) in [5, 5.41) is 0.741. The summed E-state index contributed by atoms with van der Waals surface area (Å²) in [6.07, 6.45) is 0. The zero-order valence-electron chi connectivity index (χ0n) is 15.9. The van der Waals surface area contributed by atoms with Crippen LogP contribution in [0.5, 0.6) is 5.75 Å². The SMILES string of the molecule is COc1cccc(CN(C)CC(=O)N2CCN(c3cccc(Cl)c3)CC2)c1. The Morgan fingerprint density at radius 1 is 1.11 bits per heavy atom. The van der Waals surface area contributed by atoms with Crippen molar-refractivity contribution < 1.29 is 9.53 Å². The van der Waals surface area contributed by atoms with E-state index in [1.165, 1.54) is 0 Å².